The maximum absolute atomic E-state index is 14.0. The van der Waals surface area contributed by atoms with Crippen LogP contribution in [0, 0.1) is 5.82 Å². The molecular formula is C20H18FN7O2S. The number of benzene rings is 2. The second-order valence-corrected chi connectivity index (χ2v) is 7.79. The van der Waals surface area contributed by atoms with Gasteiger partial charge in [-0.05, 0) is 30.3 Å². The third-order valence-corrected chi connectivity index (χ3v) is 5.82. The van der Waals surface area contributed by atoms with Crippen molar-refractivity contribution >= 4 is 28.6 Å². The highest BCUT2D eigenvalue weighted by atomic mass is 32.2. The fourth-order valence-corrected chi connectivity index (χ4v) is 4.21. The minimum Gasteiger partial charge on any atom is -0.378 e. The fourth-order valence-electron chi connectivity index (χ4n) is 3.39. The van der Waals surface area contributed by atoms with Crippen LogP contribution in [0.1, 0.15) is 0 Å². The Morgan fingerprint density at radius 1 is 1.03 bits per heavy atom. The highest BCUT2D eigenvalue weighted by Gasteiger charge is 2.22. The summed E-state index contributed by atoms with van der Waals surface area (Å²) in [5, 5.41) is 17.8. The summed E-state index contributed by atoms with van der Waals surface area (Å²) >= 11 is 1.28. The minimum atomic E-state index is -0.355. The number of halogens is 1. The van der Waals surface area contributed by atoms with Crippen molar-refractivity contribution in [2.24, 2.45) is 0 Å². The number of hydrogen-bond acceptors (Lipinski definition) is 8. The Kier molecular flexibility index (Phi) is 5.35. The molecule has 0 amide bonds. The summed E-state index contributed by atoms with van der Waals surface area (Å²) in [5.74, 6) is 0.438. The van der Waals surface area contributed by atoms with Gasteiger partial charge in [0, 0.05) is 13.1 Å². The van der Waals surface area contributed by atoms with E-state index in [4.69, 9.17) is 4.74 Å². The van der Waals surface area contributed by atoms with E-state index >= 15 is 0 Å². The quantitative estimate of drug-likeness (QED) is 0.437. The van der Waals surface area contributed by atoms with Crippen LogP contribution in [-0.4, -0.2) is 56.1 Å². The van der Waals surface area contributed by atoms with Crippen molar-refractivity contribution in [3.05, 3.63) is 64.7 Å². The Bertz CT molecular complexity index is 1290. The molecule has 1 aliphatic heterocycles. The highest BCUT2D eigenvalue weighted by Crippen LogP contribution is 2.28. The van der Waals surface area contributed by atoms with E-state index in [1.54, 1.807) is 34.9 Å². The van der Waals surface area contributed by atoms with E-state index in [1.165, 1.54) is 28.6 Å². The van der Waals surface area contributed by atoms with Gasteiger partial charge in [0.05, 0.1) is 30.2 Å². The normalized spacial score (nSPS) is 14.3. The third kappa shape index (κ3) is 3.89. The monoisotopic (exact) mass is 439 g/mol. The molecule has 3 heterocycles. The Hall–Kier alpha value is -3.31. The van der Waals surface area contributed by atoms with Crippen molar-refractivity contribution in [2.45, 2.75) is 11.0 Å². The zero-order valence-electron chi connectivity index (χ0n) is 16.4. The maximum atomic E-state index is 14.0. The van der Waals surface area contributed by atoms with Crippen LogP contribution < -0.4 is 10.5 Å². The standard InChI is InChI=1S/C20H18FN7O2S/c21-14-4-3-5-15(12-14)28-19(26-8-10-30-11-9-26)23-24-20(28)31-13-27-18(29)16-6-1-2-7-17(16)22-25-27/h1-7,12H,8-11,13H2. The number of anilines is 1. The van der Waals surface area contributed by atoms with Crippen LogP contribution in [-0.2, 0) is 10.6 Å². The average Bonchev–Trinajstić information content (AvgIpc) is 3.23. The molecule has 31 heavy (non-hydrogen) atoms. The Morgan fingerprint density at radius 3 is 2.71 bits per heavy atom. The molecule has 5 rings (SSSR count). The maximum Gasteiger partial charge on any atom is 0.278 e. The van der Waals surface area contributed by atoms with E-state index in [0.29, 0.717) is 54.0 Å². The van der Waals surface area contributed by atoms with Crippen molar-refractivity contribution in [1.82, 2.24) is 29.8 Å². The molecular weight excluding hydrogens is 421 g/mol. The van der Waals surface area contributed by atoms with Crippen LogP contribution in [0.5, 0.6) is 0 Å². The molecule has 2 aromatic carbocycles. The number of nitrogens with zero attached hydrogens (tertiary/aromatic N) is 7. The van der Waals surface area contributed by atoms with Gasteiger partial charge in [-0.2, -0.15) is 4.68 Å². The number of ether oxygens (including phenoxy) is 1. The summed E-state index contributed by atoms with van der Waals surface area (Å²) in [6.07, 6.45) is 0. The third-order valence-electron chi connectivity index (χ3n) is 4.92. The summed E-state index contributed by atoms with van der Waals surface area (Å²) in [6.45, 7) is 2.49. The molecule has 1 aliphatic rings. The predicted molar refractivity (Wildman–Crippen MR) is 114 cm³/mol. The first-order valence-electron chi connectivity index (χ1n) is 9.70. The molecule has 1 fully saturated rings. The summed E-state index contributed by atoms with van der Waals surface area (Å²) in [5.41, 5.74) is 0.917. The molecule has 158 valence electrons. The molecule has 4 aromatic rings. The topological polar surface area (TPSA) is 91.0 Å². The van der Waals surface area contributed by atoms with Crippen molar-refractivity contribution in [2.75, 3.05) is 31.2 Å². The summed E-state index contributed by atoms with van der Waals surface area (Å²) in [6, 6.07) is 13.3. The molecule has 0 spiro atoms. The molecule has 0 bridgehead atoms. The Morgan fingerprint density at radius 2 is 1.87 bits per heavy atom. The van der Waals surface area contributed by atoms with E-state index in [0.717, 1.165) is 0 Å². The van der Waals surface area contributed by atoms with Gasteiger partial charge in [0.25, 0.3) is 5.56 Å². The van der Waals surface area contributed by atoms with Crippen LogP contribution in [0.25, 0.3) is 16.6 Å². The van der Waals surface area contributed by atoms with Crippen molar-refractivity contribution in [1.29, 1.82) is 0 Å². The minimum absolute atomic E-state index is 0.188. The van der Waals surface area contributed by atoms with E-state index < -0.39 is 0 Å². The van der Waals surface area contributed by atoms with Gasteiger partial charge in [-0.3, -0.25) is 9.36 Å². The number of hydrogen-bond donors (Lipinski definition) is 0. The second kappa shape index (κ2) is 8.44. The zero-order valence-corrected chi connectivity index (χ0v) is 17.2. The van der Waals surface area contributed by atoms with Crippen LogP contribution in [0.15, 0.2) is 58.5 Å². The van der Waals surface area contributed by atoms with Gasteiger partial charge in [0.15, 0.2) is 5.16 Å². The van der Waals surface area contributed by atoms with Gasteiger partial charge in [0.1, 0.15) is 11.3 Å². The van der Waals surface area contributed by atoms with Gasteiger partial charge in [-0.1, -0.05) is 35.2 Å². The molecule has 1 saturated heterocycles. The van der Waals surface area contributed by atoms with Crippen LogP contribution in [0.4, 0.5) is 10.3 Å². The van der Waals surface area contributed by atoms with E-state index in [-0.39, 0.29) is 17.3 Å². The molecule has 0 aliphatic carbocycles. The first-order chi connectivity index (χ1) is 15.2. The van der Waals surface area contributed by atoms with Crippen molar-refractivity contribution in [3.63, 3.8) is 0 Å². The van der Waals surface area contributed by atoms with Gasteiger partial charge >= 0.3 is 0 Å². The lowest BCUT2D eigenvalue weighted by molar-refractivity contribution is 0.122. The Balaban J connectivity index is 1.50. The van der Waals surface area contributed by atoms with Crippen molar-refractivity contribution in [3.8, 4) is 5.69 Å². The van der Waals surface area contributed by atoms with Gasteiger partial charge in [0.2, 0.25) is 5.95 Å². The van der Waals surface area contributed by atoms with Crippen molar-refractivity contribution < 1.29 is 9.13 Å². The first kappa shape index (κ1) is 19.6. The summed E-state index contributed by atoms with van der Waals surface area (Å²) < 4.78 is 22.5. The molecule has 0 saturated carbocycles. The first-order valence-corrected chi connectivity index (χ1v) is 10.7. The number of rotatable bonds is 5. The predicted octanol–water partition coefficient (Wildman–Crippen LogP) is 2.10. The smallest absolute Gasteiger partial charge is 0.278 e. The molecule has 9 nitrogen and oxygen atoms in total. The van der Waals surface area contributed by atoms with Crippen LogP contribution in [0.2, 0.25) is 0 Å². The fraction of sp³-hybridized carbons (Fsp3) is 0.250. The zero-order chi connectivity index (χ0) is 21.2. The lowest BCUT2D eigenvalue weighted by Gasteiger charge is -2.27. The average molecular weight is 439 g/mol. The van der Waals surface area contributed by atoms with Gasteiger partial charge in [-0.25, -0.2) is 4.39 Å². The molecule has 0 unspecified atom stereocenters. The van der Waals surface area contributed by atoms with E-state index in [1.807, 2.05) is 11.0 Å². The number of thioether (sulfide) groups is 1. The van der Waals surface area contributed by atoms with Crippen LogP contribution >= 0.6 is 11.8 Å². The number of aromatic nitrogens is 6. The second-order valence-electron chi connectivity index (χ2n) is 6.88. The molecule has 0 radical (unpaired) electrons. The Labute approximate surface area is 180 Å². The molecule has 2 aromatic heterocycles. The largest absolute Gasteiger partial charge is 0.378 e. The van der Waals surface area contributed by atoms with Crippen LogP contribution in [0.3, 0.4) is 0 Å². The number of morpholine rings is 1. The van der Waals surface area contributed by atoms with E-state index in [2.05, 4.69) is 20.5 Å². The van der Waals surface area contributed by atoms with Gasteiger partial charge in [-0.15, -0.1) is 15.3 Å². The summed E-state index contributed by atoms with van der Waals surface area (Å²) in [7, 11) is 0. The SMILES string of the molecule is O=c1c2ccccc2nnn1CSc1nnc(N2CCOCC2)n1-c1cccc(F)c1. The molecule has 0 N–H and O–H groups in total. The number of fused-ring (bicyclic) bond motifs is 1. The molecule has 11 heteroatoms. The summed E-state index contributed by atoms with van der Waals surface area (Å²) in [4.78, 5) is 14.8. The lowest BCUT2D eigenvalue weighted by atomic mass is 10.2. The van der Waals surface area contributed by atoms with E-state index in [9.17, 15) is 9.18 Å². The van der Waals surface area contributed by atoms with Gasteiger partial charge < -0.3 is 9.64 Å². The highest BCUT2D eigenvalue weighted by molar-refractivity contribution is 7.98. The lowest BCUT2D eigenvalue weighted by Crippen LogP contribution is -2.37. The molecule has 0 atom stereocenters.